The zero-order chi connectivity index (χ0) is 11.4. The third kappa shape index (κ3) is 1.12. The van der Waals surface area contributed by atoms with Crippen LogP contribution >= 0.6 is 0 Å². The van der Waals surface area contributed by atoms with Gasteiger partial charge in [0.25, 0.3) is 5.91 Å². The van der Waals surface area contributed by atoms with Crippen molar-refractivity contribution in [3.8, 4) is 0 Å². The maximum absolute atomic E-state index is 12.0. The van der Waals surface area contributed by atoms with Gasteiger partial charge in [0.1, 0.15) is 0 Å². The van der Waals surface area contributed by atoms with Crippen molar-refractivity contribution in [2.75, 3.05) is 6.54 Å². The summed E-state index contributed by atoms with van der Waals surface area (Å²) in [6.07, 6.45) is 0. The van der Waals surface area contributed by atoms with Crippen molar-refractivity contribution >= 4 is 16.8 Å². The first kappa shape index (κ1) is 9.21. The molecule has 2 aliphatic rings. The molecule has 4 N–H and O–H groups in total. The predicted octanol–water partition coefficient (Wildman–Crippen LogP) is 0.560. The number of aromatic nitrogens is 1. The zero-order valence-corrected chi connectivity index (χ0v) is 9.13. The standard InChI is InChI=1S/C12H12N4O/c17-12-6-2-1-3-7-10(6)11-8(14-7)4-13-5-9(11)15-16-12/h1-3,9,13-15H,4-5H2,(H,16,17). The quantitative estimate of drug-likeness (QED) is 0.532. The van der Waals surface area contributed by atoms with Crippen LogP contribution in [0.1, 0.15) is 27.7 Å². The predicted molar refractivity (Wildman–Crippen MR) is 63.3 cm³/mol. The molecule has 0 bridgehead atoms. The number of aromatic amines is 1. The number of H-pyrrole nitrogens is 1. The molecule has 86 valence electrons. The van der Waals surface area contributed by atoms with E-state index in [1.807, 2.05) is 18.2 Å². The monoisotopic (exact) mass is 228 g/mol. The summed E-state index contributed by atoms with van der Waals surface area (Å²) in [5.41, 5.74) is 10.0. The van der Waals surface area contributed by atoms with Crippen LogP contribution in [0.2, 0.25) is 0 Å². The van der Waals surface area contributed by atoms with Gasteiger partial charge in [-0.2, -0.15) is 0 Å². The molecule has 0 saturated carbocycles. The van der Waals surface area contributed by atoms with Crippen molar-refractivity contribution in [3.05, 3.63) is 35.0 Å². The number of benzene rings is 1. The van der Waals surface area contributed by atoms with E-state index in [-0.39, 0.29) is 11.9 Å². The largest absolute Gasteiger partial charge is 0.357 e. The minimum Gasteiger partial charge on any atom is -0.357 e. The number of hydrogen-bond donors (Lipinski definition) is 4. The maximum atomic E-state index is 12.0. The van der Waals surface area contributed by atoms with Gasteiger partial charge < -0.3 is 10.3 Å². The van der Waals surface area contributed by atoms with Crippen LogP contribution < -0.4 is 16.2 Å². The molecule has 1 unspecified atom stereocenters. The van der Waals surface area contributed by atoms with Gasteiger partial charge in [0.05, 0.1) is 11.6 Å². The van der Waals surface area contributed by atoms with Gasteiger partial charge in [-0.15, -0.1) is 0 Å². The molecule has 3 heterocycles. The molecule has 0 fully saturated rings. The summed E-state index contributed by atoms with van der Waals surface area (Å²) in [5, 5.41) is 4.40. The Morgan fingerprint density at radius 3 is 3.18 bits per heavy atom. The molecule has 1 aromatic heterocycles. The van der Waals surface area contributed by atoms with Gasteiger partial charge in [-0.1, -0.05) is 6.07 Å². The summed E-state index contributed by atoms with van der Waals surface area (Å²) in [6.45, 7) is 1.66. The van der Waals surface area contributed by atoms with E-state index in [0.29, 0.717) is 0 Å². The van der Waals surface area contributed by atoms with Gasteiger partial charge in [0, 0.05) is 35.2 Å². The van der Waals surface area contributed by atoms with E-state index in [9.17, 15) is 4.79 Å². The van der Waals surface area contributed by atoms with Gasteiger partial charge in [0.15, 0.2) is 0 Å². The lowest BCUT2D eigenvalue weighted by Gasteiger charge is -2.23. The van der Waals surface area contributed by atoms with Crippen molar-refractivity contribution in [3.63, 3.8) is 0 Å². The topological polar surface area (TPSA) is 69.0 Å². The van der Waals surface area contributed by atoms with Crippen LogP contribution in [0.3, 0.4) is 0 Å². The van der Waals surface area contributed by atoms with Gasteiger partial charge in [0.2, 0.25) is 0 Å². The Morgan fingerprint density at radius 1 is 1.29 bits per heavy atom. The van der Waals surface area contributed by atoms with Crippen LogP contribution in [0.25, 0.3) is 10.9 Å². The van der Waals surface area contributed by atoms with Crippen LogP contribution in [-0.4, -0.2) is 17.4 Å². The lowest BCUT2D eigenvalue weighted by Crippen LogP contribution is -2.44. The molecule has 5 heteroatoms. The second-order valence-electron chi connectivity index (χ2n) is 4.53. The van der Waals surface area contributed by atoms with E-state index in [2.05, 4.69) is 21.2 Å². The fourth-order valence-corrected chi connectivity index (χ4v) is 2.83. The molecule has 17 heavy (non-hydrogen) atoms. The average molecular weight is 228 g/mol. The van der Waals surface area contributed by atoms with E-state index in [1.165, 1.54) is 11.3 Å². The van der Waals surface area contributed by atoms with Gasteiger partial charge in [-0.3, -0.25) is 10.2 Å². The van der Waals surface area contributed by atoms with E-state index < -0.39 is 0 Å². The fraction of sp³-hybridized carbons (Fsp3) is 0.250. The molecule has 1 amide bonds. The Bertz CT molecular complexity index is 631. The highest BCUT2D eigenvalue weighted by Crippen LogP contribution is 2.33. The Hall–Kier alpha value is -1.85. The zero-order valence-electron chi connectivity index (χ0n) is 9.13. The number of hydrazine groups is 1. The molecule has 1 atom stereocenters. The molecule has 0 saturated heterocycles. The number of carbonyl (C=O) groups is 1. The smallest absolute Gasteiger partial charge is 0.266 e. The fourth-order valence-electron chi connectivity index (χ4n) is 2.83. The Morgan fingerprint density at radius 2 is 2.24 bits per heavy atom. The van der Waals surface area contributed by atoms with Crippen LogP contribution in [0, 0.1) is 0 Å². The normalized spacial score (nSPS) is 22.4. The second kappa shape index (κ2) is 3.09. The summed E-state index contributed by atoms with van der Waals surface area (Å²) in [4.78, 5) is 15.4. The SMILES string of the molecule is O=C1NNC2CNCc3[nH]c4cccc1c4c32. The molecular formula is C12H12N4O. The molecule has 5 nitrogen and oxygen atoms in total. The van der Waals surface area contributed by atoms with Gasteiger partial charge >= 0.3 is 0 Å². The first-order valence-corrected chi connectivity index (χ1v) is 5.74. The third-order valence-electron chi connectivity index (χ3n) is 3.55. The van der Waals surface area contributed by atoms with Crippen molar-refractivity contribution in [2.45, 2.75) is 12.6 Å². The Kier molecular flexibility index (Phi) is 1.67. The minimum absolute atomic E-state index is 0.0631. The van der Waals surface area contributed by atoms with Gasteiger partial charge in [-0.05, 0) is 12.1 Å². The van der Waals surface area contributed by atoms with Crippen LogP contribution in [0.15, 0.2) is 18.2 Å². The van der Waals surface area contributed by atoms with E-state index >= 15 is 0 Å². The summed E-state index contributed by atoms with van der Waals surface area (Å²) < 4.78 is 0. The molecule has 1 aromatic carbocycles. The summed E-state index contributed by atoms with van der Waals surface area (Å²) in [6, 6.07) is 5.94. The number of rotatable bonds is 0. The molecule has 0 spiro atoms. The highest BCUT2D eigenvalue weighted by Gasteiger charge is 2.29. The van der Waals surface area contributed by atoms with Crippen LogP contribution in [-0.2, 0) is 6.54 Å². The number of amides is 1. The molecule has 0 radical (unpaired) electrons. The highest BCUT2D eigenvalue weighted by atomic mass is 16.2. The molecule has 2 aromatic rings. The van der Waals surface area contributed by atoms with E-state index in [4.69, 9.17) is 0 Å². The van der Waals surface area contributed by atoms with E-state index in [0.717, 1.165) is 29.6 Å². The molecule has 0 aliphatic carbocycles. The van der Waals surface area contributed by atoms with Gasteiger partial charge in [-0.25, -0.2) is 5.43 Å². The average Bonchev–Trinajstić information content (AvgIpc) is 2.67. The highest BCUT2D eigenvalue weighted by molar-refractivity contribution is 6.08. The Labute approximate surface area is 97.6 Å². The van der Waals surface area contributed by atoms with Crippen LogP contribution in [0.4, 0.5) is 0 Å². The summed E-state index contributed by atoms with van der Waals surface area (Å²) >= 11 is 0. The summed E-state index contributed by atoms with van der Waals surface area (Å²) in [7, 11) is 0. The lowest BCUT2D eigenvalue weighted by atomic mass is 9.97. The maximum Gasteiger partial charge on any atom is 0.266 e. The first-order valence-electron chi connectivity index (χ1n) is 5.74. The lowest BCUT2D eigenvalue weighted by molar-refractivity contribution is 0.0929. The number of carbonyl (C=O) groups excluding carboxylic acids is 1. The molecule has 4 rings (SSSR count). The third-order valence-corrected chi connectivity index (χ3v) is 3.55. The van der Waals surface area contributed by atoms with Crippen LogP contribution in [0.5, 0.6) is 0 Å². The second-order valence-corrected chi connectivity index (χ2v) is 4.53. The molecule has 2 aliphatic heterocycles. The summed E-state index contributed by atoms with van der Waals surface area (Å²) in [5.74, 6) is -0.0631. The molecular weight excluding hydrogens is 216 g/mol. The number of hydrogen-bond acceptors (Lipinski definition) is 3. The van der Waals surface area contributed by atoms with Crippen molar-refractivity contribution in [1.82, 2.24) is 21.2 Å². The van der Waals surface area contributed by atoms with E-state index in [1.54, 1.807) is 0 Å². The first-order chi connectivity index (χ1) is 8.34. The minimum atomic E-state index is -0.0631. The van der Waals surface area contributed by atoms with Crippen molar-refractivity contribution < 1.29 is 4.79 Å². The Balaban J connectivity index is 2.16. The van der Waals surface area contributed by atoms with Crippen molar-refractivity contribution in [2.24, 2.45) is 0 Å². The van der Waals surface area contributed by atoms with Crippen molar-refractivity contribution in [1.29, 1.82) is 0 Å². The number of nitrogens with one attached hydrogen (secondary N) is 4.